The molecule has 0 saturated heterocycles. The summed E-state index contributed by atoms with van der Waals surface area (Å²) in [7, 11) is 0. The molecule has 2 heterocycles. The number of carbonyl (C=O) groups excluding carboxylic acids is 1. The highest BCUT2D eigenvalue weighted by Crippen LogP contribution is 2.41. The van der Waals surface area contributed by atoms with Gasteiger partial charge >= 0.3 is 0 Å². The van der Waals surface area contributed by atoms with Crippen molar-refractivity contribution < 1.29 is 4.79 Å². The Labute approximate surface area is 149 Å². The molecule has 0 aliphatic carbocycles. The fourth-order valence-electron chi connectivity index (χ4n) is 3.30. The second-order valence-electron chi connectivity index (χ2n) is 6.00. The van der Waals surface area contributed by atoms with Gasteiger partial charge in [-0.25, -0.2) is 4.98 Å². The Bertz CT molecular complexity index is 1140. The average molecular weight is 339 g/mol. The molecule has 25 heavy (non-hydrogen) atoms. The van der Waals surface area contributed by atoms with Crippen LogP contribution in [0.1, 0.15) is 15.9 Å². The topological polar surface area (TPSA) is 30.0 Å². The zero-order valence-corrected chi connectivity index (χ0v) is 14.1. The monoisotopic (exact) mass is 339 g/mol. The Balaban J connectivity index is 1.79. The molecule has 0 fully saturated rings. The van der Waals surface area contributed by atoms with Crippen LogP contribution in [-0.2, 0) is 0 Å². The van der Waals surface area contributed by atoms with Crippen molar-refractivity contribution in [2.24, 2.45) is 0 Å². The minimum atomic E-state index is 0.102. The molecule has 0 saturated carbocycles. The fourth-order valence-corrected chi connectivity index (χ4v) is 4.33. The van der Waals surface area contributed by atoms with Crippen LogP contribution < -0.4 is 0 Å². The maximum atomic E-state index is 12.8. The molecule has 3 heteroatoms. The summed E-state index contributed by atoms with van der Waals surface area (Å²) in [5.41, 5.74) is 3.74. The van der Waals surface area contributed by atoms with Crippen molar-refractivity contribution in [3.05, 3.63) is 88.8 Å². The summed E-state index contributed by atoms with van der Waals surface area (Å²) in [4.78, 5) is 19.3. The van der Waals surface area contributed by atoms with E-state index in [0.29, 0.717) is 0 Å². The maximum Gasteiger partial charge on any atom is 0.200 e. The molecule has 3 aromatic carbocycles. The summed E-state index contributed by atoms with van der Waals surface area (Å²) in [6.45, 7) is 0. The summed E-state index contributed by atoms with van der Waals surface area (Å²) >= 11 is 1.55. The molecular weight excluding hydrogens is 326 g/mol. The van der Waals surface area contributed by atoms with Crippen LogP contribution in [0.3, 0.4) is 0 Å². The molecule has 2 nitrogen and oxygen atoms in total. The number of allylic oxidation sites excluding steroid dienone is 1. The summed E-state index contributed by atoms with van der Waals surface area (Å²) in [6, 6.07) is 24.0. The molecule has 5 rings (SSSR count). The van der Waals surface area contributed by atoms with Gasteiger partial charge in [-0.15, -0.1) is 0 Å². The maximum absolute atomic E-state index is 12.8. The van der Waals surface area contributed by atoms with Gasteiger partial charge in [0.15, 0.2) is 0 Å². The number of hydrogen-bond donors (Lipinski definition) is 0. The van der Waals surface area contributed by atoms with E-state index in [4.69, 9.17) is 4.98 Å². The number of pyridine rings is 1. The molecule has 1 aliphatic heterocycles. The summed E-state index contributed by atoms with van der Waals surface area (Å²) in [5, 5.41) is 2.14. The predicted octanol–water partition coefficient (Wildman–Crippen LogP) is 5.72. The van der Waals surface area contributed by atoms with E-state index in [1.54, 1.807) is 11.8 Å². The van der Waals surface area contributed by atoms with Crippen molar-refractivity contribution in [1.29, 1.82) is 0 Å². The lowest BCUT2D eigenvalue weighted by Gasteiger charge is -2.08. The third-order valence-electron chi connectivity index (χ3n) is 4.48. The molecule has 1 aromatic heterocycles. The number of aromatic nitrogens is 1. The van der Waals surface area contributed by atoms with Crippen LogP contribution >= 0.6 is 11.8 Å². The Morgan fingerprint density at radius 1 is 0.760 bits per heavy atom. The van der Waals surface area contributed by atoms with Crippen molar-refractivity contribution >= 4 is 45.4 Å². The molecule has 0 spiro atoms. The third-order valence-corrected chi connectivity index (χ3v) is 5.58. The third kappa shape index (κ3) is 2.28. The van der Waals surface area contributed by atoms with Gasteiger partial charge in [0.1, 0.15) is 0 Å². The van der Waals surface area contributed by atoms with E-state index in [9.17, 15) is 4.79 Å². The second kappa shape index (κ2) is 5.57. The molecule has 0 atom stereocenters. The SMILES string of the molecule is O=C1/C(=C\c2c3ccccc3nc3ccccc23)Sc2ccccc21. The van der Waals surface area contributed by atoms with E-state index < -0.39 is 0 Å². The number of ketones is 1. The number of thioether (sulfide) groups is 1. The van der Waals surface area contributed by atoms with Crippen LogP contribution in [0, 0.1) is 0 Å². The van der Waals surface area contributed by atoms with E-state index in [1.165, 1.54) is 0 Å². The largest absolute Gasteiger partial charge is 0.288 e. The van der Waals surface area contributed by atoms with E-state index in [1.807, 2.05) is 66.7 Å². The number of para-hydroxylation sites is 2. The van der Waals surface area contributed by atoms with Gasteiger partial charge in [0.05, 0.1) is 15.9 Å². The van der Waals surface area contributed by atoms with Gasteiger partial charge < -0.3 is 0 Å². The normalized spacial score (nSPS) is 15.2. The molecule has 118 valence electrons. The molecule has 0 bridgehead atoms. The summed E-state index contributed by atoms with van der Waals surface area (Å²) < 4.78 is 0. The molecule has 0 N–H and O–H groups in total. The molecule has 0 unspecified atom stereocenters. The summed E-state index contributed by atoms with van der Waals surface area (Å²) in [5.74, 6) is 0.102. The quantitative estimate of drug-likeness (QED) is 0.328. The van der Waals surface area contributed by atoms with Crippen LogP contribution in [0.25, 0.3) is 27.9 Å². The number of benzene rings is 3. The first-order chi connectivity index (χ1) is 12.3. The van der Waals surface area contributed by atoms with E-state index in [0.717, 1.165) is 42.7 Å². The lowest BCUT2D eigenvalue weighted by atomic mass is 10.0. The molecule has 0 radical (unpaired) electrons. The highest BCUT2D eigenvalue weighted by Gasteiger charge is 2.25. The van der Waals surface area contributed by atoms with Gasteiger partial charge in [-0.2, -0.15) is 0 Å². The van der Waals surface area contributed by atoms with Crippen molar-refractivity contribution in [2.45, 2.75) is 4.90 Å². The standard InChI is InChI=1S/C22H13NOS/c24-22-16-9-3-6-12-20(16)25-21(22)13-17-14-7-1-4-10-18(14)23-19-11-5-2-8-15(17)19/h1-13H/b21-13+. The summed E-state index contributed by atoms with van der Waals surface area (Å²) in [6.07, 6.45) is 2.03. The van der Waals surface area contributed by atoms with Gasteiger partial charge in [-0.3, -0.25) is 4.79 Å². The van der Waals surface area contributed by atoms with Crippen molar-refractivity contribution in [3.8, 4) is 0 Å². The minimum Gasteiger partial charge on any atom is -0.288 e. The zero-order valence-electron chi connectivity index (χ0n) is 13.3. The Hall–Kier alpha value is -2.91. The number of Topliss-reactive ketones (excluding diaryl/α,β-unsaturated/α-hetero) is 1. The van der Waals surface area contributed by atoms with Crippen LogP contribution in [-0.4, -0.2) is 10.8 Å². The Kier molecular flexibility index (Phi) is 3.22. The van der Waals surface area contributed by atoms with E-state index >= 15 is 0 Å². The van der Waals surface area contributed by atoms with Gasteiger partial charge in [-0.05, 0) is 35.9 Å². The highest BCUT2D eigenvalue weighted by atomic mass is 32.2. The smallest absolute Gasteiger partial charge is 0.200 e. The van der Waals surface area contributed by atoms with Gasteiger partial charge in [0, 0.05) is 21.2 Å². The number of nitrogens with zero attached hydrogens (tertiary/aromatic N) is 1. The number of fused-ring (bicyclic) bond motifs is 3. The van der Waals surface area contributed by atoms with Gasteiger partial charge in [-0.1, -0.05) is 60.3 Å². The van der Waals surface area contributed by atoms with Crippen molar-refractivity contribution in [1.82, 2.24) is 4.98 Å². The molecular formula is C22H13NOS. The van der Waals surface area contributed by atoms with Crippen LogP contribution in [0.2, 0.25) is 0 Å². The van der Waals surface area contributed by atoms with Crippen LogP contribution in [0.4, 0.5) is 0 Å². The van der Waals surface area contributed by atoms with Crippen LogP contribution in [0.15, 0.2) is 82.6 Å². The lowest BCUT2D eigenvalue weighted by Crippen LogP contribution is -1.94. The predicted molar refractivity (Wildman–Crippen MR) is 104 cm³/mol. The number of rotatable bonds is 1. The van der Waals surface area contributed by atoms with Crippen molar-refractivity contribution in [3.63, 3.8) is 0 Å². The Morgan fingerprint density at radius 2 is 1.36 bits per heavy atom. The number of carbonyl (C=O) groups is 1. The highest BCUT2D eigenvalue weighted by molar-refractivity contribution is 8.04. The van der Waals surface area contributed by atoms with Crippen LogP contribution in [0.5, 0.6) is 0 Å². The van der Waals surface area contributed by atoms with E-state index in [-0.39, 0.29) is 5.78 Å². The van der Waals surface area contributed by atoms with Crippen molar-refractivity contribution in [2.75, 3.05) is 0 Å². The zero-order chi connectivity index (χ0) is 16.8. The molecule has 4 aromatic rings. The Morgan fingerprint density at radius 3 is 2.04 bits per heavy atom. The molecule has 1 aliphatic rings. The van der Waals surface area contributed by atoms with E-state index in [2.05, 4.69) is 12.1 Å². The lowest BCUT2D eigenvalue weighted by molar-refractivity contribution is 0.104. The van der Waals surface area contributed by atoms with Gasteiger partial charge in [0.25, 0.3) is 0 Å². The second-order valence-corrected chi connectivity index (χ2v) is 7.08. The average Bonchev–Trinajstić information content (AvgIpc) is 2.97. The minimum absolute atomic E-state index is 0.102. The molecule has 0 amide bonds. The fraction of sp³-hybridized carbons (Fsp3) is 0. The van der Waals surface area contributed by atoms with Gasteiger partial charge in [0.2, 0.25) is 5.78 Å². The first kappa shape index (κ1) is 14.4. The first-order valence-electron chi connectivity index (χ1n) is 8.12. The first-order valence-corrected chi connectivity index (χ1v) is 8.94. The number of hydrogen-bond acceptors (Lipinski definition) is 3.